The van der Waals surface area contributed by atoms with Crippen molar-refractivity contribution in [2.24, 2.45) is 0 Å². The maximum Gasteiger partial charge on any atom is 0.339 e. The van der Waals surface area contributed by atoms with Crippen LogP contribution < -0.4 is 5.32 Å². The fourth-order valence-corrected chi connectivity index (χ4v) is 2.98. The number of anilines is 1. The normalized spacial score (nSPS) is 10.5. The van der Waals surface area contributed by atoms with Crippen LogP contribution in [0.3, 0.4) is 0 Å². The fraction of sp³-hybridized carbons (Fsp3) is 0.400. The van der Waals surface area contributed by atoms with Gasteiger partial charge in [-0.3, -0.25) is 10.1 Å². The molecule has 2 N–H and O–H groups in total. The summed E-state index contributed by atoms with van der Waals surface area (Å²) in [6.45, 7) is 5.68. The Bertz CT molecular complexity index is 703. The van der Waals surface area contributed by atoms with Gasteiger partial charge in [-0.05, 0) is 25.8 Å². The molecule has 0 bridgehead atoms. The Labute approximate surface area is 132 Å². The number of aryl methyl sites for hydroxylation is 2. The largest absolute Gasteiger partial charge is 0.465 e. The van der Waals surface area contributed by atoms with E-state index in [1.165, 1.54) is 18.4 Å². The average Bonchev–Trinajstić information content (AvgIpc) is 3.02. The minimum atomic E-state index is -0.429. The third kappa shape index (κ3) is 3.19. The van der Waals surface area contributed by atoms with E-state index in [0.29, 0.717) is 34.1 Å². The van der Waals surface area contributed by atoms with E-state index in [0.717, 1.165) is 11.3 Å². The van der Waals surface area contributed by atoms with Crippen LogP contribution in [0.15, 0.2) is 6.20 Å². The van der Waals surface area contributed by atoms with E-state index >= 15 is 0 Å². The van der Waals surface area contributed by atoms with Gasteiger partial charge in [-0.1, -0.05) is 13.3 Å². The first-order valence-electron chi connectivity index (χ1n) is 7.01. The highest BCUT2D eigenvalue weighted by molar-refractivity contribution is 7.15. The number of hydrogen-bond donors (Lipinski definition) is 2. The summed E-state index contributed by atoms with van der Waals surface area (Å²) in [5.74, 6) is -0.725. The minimum Gasteiger partial charge on any atom is -0.465 e. The predicted octanol–water partition coefficient (Wildman–Crippen LogP) is 3.08. The summed E-state index contributed by atoms with van der Waals surface area (Å²) in [5, 5.41) is 3.30. The number of carbonyl (C=O) groups is 2. The molecular weight excluding hydrogens is 302 g/mol. The Morgan fingerprint density at radius 2 is 2.14 bits per heavy atom. The summed E-state index contributed by atoms with van der Waals surface area (Å²) < 4.78 is 4.82. The smallest absolute Gasteiger partial charge is 0.339 e. The number of esters is 1. The molecule has 118 valence electrons. The summed E-state index contributed by atoms with van der Waals surface area (Å²) >= 11 is 1.40. The van der Waals surface area contributed by atoms with Crippen molar-refractivity contribution >= 4 is 28.3 Å². The standard InChI is InChI=1S/C15H19N3O3S/c1-5-6-10-11(14(20)21-4)9(3)17-12(10)13(19)18-15-16-7-8(2)22-15/h7,17H,5-6H2,1-4H3,(H,16,18,19). The van der Waals surface area contributed by atoms with Crippen LogP contribution in [-0.2, 0) is 11.2 Å². The zero-order valence-electron chi connectivity index (χ0n) is 13.1. The molecule has 6 nitrogen and oxygen atoms in total. The van der Waals surface area contributed by atoms with E-state index < -0.39 is 5.97 Å². The van der Waals surface area contributed by atoms with Crippen LogP contribution in [0.2, 0.25) is 0 Å². The zero-order chi connectivity index (χ0) is 16.3. The second-order valence-corrected chi connectivity index (χ2v) is 6.19. The highest BCUT2D eigenvalue weighted by atomic mass is 32.1. The van der Waals surface area contributed by atoms with Crippen LogP contribution in [0, 0.1) is 13.8 Å². The topological polar surface area (TPSA) is 84.1 Å². The number of amides is 1. The highest BCUT2D eigenvalue weighted by Gasteiger charge is 2.25. The van der Waals surface area contributed by atoms with Crippen molar-refractivity contribution in [3.8, 4) is 0 Å². The lowest BCUT2D eigenvalue weighted by Gasteiger charge is -2.05. The van der Waals surface area contributed by atoms with Gasteiger partial charge in [0.1, 0.15) is 5.69 Å². The van der Waals surface area contributed by atoms with Gasteiger partial charge in [-0.25, -0.2) is 9.78 Å². The van der Waals surface area contributed by atoms with Crippen molar-refractivity contribution in [1.82, 2.24) is 9.97 Å². The predicted molar refractivity (Wildman–Crippen MR) is 85.7 cm³/mol. The lowest BCUT2D eigenvalue weighted by Crippen LogP contribution is -2.15. The Kier molecular flexibility index (Phi) is 4.97. The van der Waals surface area contributed by atoms with Crippen molar-refractivity contribution in [2.75, 3.05) is 12.4 Å². The molecule has 2 heterocycles. The number of nitrogens with zero attached hydrogens (tertiary/aromatic N) is 1. The maximum absolute atomic E-state index is 12.5. The van der Waals surface area contributed by atoms with Crippen LogP contribution in [-0.4, -0.2) is 29.0 Å². The summed E-state index contributed by atoms with van der Waals surface area (Å²) in [5.41, 5.74) is 2.17. The van der Waals surface area contributed by atoms with Crippen LogP contribution in [0.1, 0.15) is 50.3 Å². The SMILES string of the molecule is CCCc1c(C(=O)Nc2ncc(C)s2)[nH]c(C)c1C(=O)OC. The molecule has 0 aliphatic rings. The van der Waals surface area contributed by atoms with Gasteiger partial charge >= 0.3 is 5.97 Å². The number of ether oxygens (including phenoxy) is 1. The monoisotopic (exact) mass is 321 g/mol. The van der Waals surface area contributed by atoms with Crippen molar-refractivity contribution < 1.29 is 14.3 Å². The average molecular weight is 321 g/mol. The third-order valence-electron chi connectivity index (χ3n) is 3.25. The quantitative estimate of drug-likeness (QED) is 0.829. The molecule has 0 atom stereocenters. The minimum absolute atomic E-state index is 0.295. The number of methoxy groups -OCH3 is 1. The molecule has 0 radical (unpaired) electrons. The Morgan fingerprint density at radius 1 is 1.41 bits per heavy atom. The molecule has 1 amide bonds. The van der Waals surface area contributed by atoms with E-state index in [9.17, 15) is 9.59 Å². The Hall–Kier alpha value is -2.15. The molecule has 2 aromatic heterocycles. The van der Waals surface area contributed by atoms with Crippen molar-refractivity contribution in [3.63, 3.8) is 0 Å². The van der Waals surface area contributed by atoms with E-state index in [4.69, 9.17) is 4.74 Å². The van der Waals surface area contributed by atoms with Crippen molar-refractivity contribution in [1.29, 1.82) is 0 Å². The fourth-order valence-electron chi connectivity index (χ4n) is 2.32. The summed E-state index contributed by atoms with van der Waals surface area (Å²) in [6, 6.07) is 0. The highest BCUT2D eigenvalue weighted by Crippen LogP contribution is 2.24. The molecular formula is C15H19N3O3S. The first-order chi connectivity index (χ1) is 10.5. The molecule has 2 aromatic rings. The van der Waals surface area contributed by atoms with Gasteiger partial charge in [-0.2, -0.15) is 0 Å². The molecule has 0 aliphatic heterocycles. The van der Waals surface area contributed by atoms with E-state index in [1.54, 1.807) is 13.1 Å². The molecule has 0 aromatic carbocycles. The van der Waals surface area contributed by atoms with Gasteiger partial charge in [0.2, 0.25) is 0 Å². The molecule has 0 saturated heterocycles. The van der Waals surface area contributed by atoms with Gasteiger partial charge in [-0.15, -0.1) is 11.3 Å². The first-order valence-corrected chi connectivity index (χ1v) is 7.83. The molecule has 2 rings (SSSR count). The Balaban J connectivity index is 2.37. The molecule has 22 heavy (non-hydrogen) atoms. The molecule has 7 heteroatoms. The van der Waals surface area contributed by atoms with Crippen molar-refractivity contribution in [2.45, 2.75) is 33.6 Å². The number of nitrogens with one attached hydrogen (secondary N) is 2. The van der Waals surface area contributed by atoms with Crippen LogP contribution >= 0.6 is 11.3 Å². The summed E-state index contributed by atoms with van der Waals surface area (Å²) in [6.07, 6.45) is 3.14. The maximum atomic E-state index is 12.5. The van der Waals surface area contributed by atoms with Gasteiger partial charge in [0.15, 0.2) is 5.13 Å². The van der Waals surface area contributed by atoms with Crippen LogP contribution in [0.5, 0.6) is 0 Å². The molecule has 0 unspecified atom stereocenters. The number of carbonyl (C=O) groups excluding carboxylic acids is 2. The number of aromatic amines is 1. The van der Waals surface area contributed by atoms with Gasteiger partial charge in [0.25, 0.3) is 5.91 Å². The lowest BCUT2D eigenvalue weighted by atomic mass is 10.0. The molecule has 0 aliphatic carbocycles. The lowest BCUT2D eigenvalue weighted by molar-refractivity contribution is 0.0599. The summed E-state index contributed by atoms with van der Waals surface area (Å²) in [7, 11) is 1.34. The van der Waals surface area contributed by atoms with Gasteiger partial charge in [0.05, 0.1) is 12.7 Å². The summed E-state index contributed by atoms with van der Waals surface area (Å²) in [4.78, 5) is 32.5. The van der Waals surface area contributed by atoms with Gasteiger partial charge < -0.3 is 9.72 Å². The number of aromatic nitrogens is 2. The molecule has 0 saturated carbocycles. The Morgan fingerprint density at radius 3 is 2.68 bits per heavy atom. The first kappa shape index (κ1) is 16.2. The number of thiazole rings is 1. The number of H-pyrrole nitrogens is 1. The molecule has 0 fully saturated rings. The molecule has 0 spiro atoms. The van der Waals surface area contributed by atoms with Gasteiger partial charge in [0, 0.05) is 16.8 Å². The second-order valence-electron chi connectivity index (χ2n) is 4.95. The third-order valence-corrected chi connectivity index (χ3v) is 4.08. The number of hydrogen-bond acceptors (Lipinski definition) is 5. The van der Waals surface area contributed by atoms with E-state index in [2.05, 4.69) is 15.3 Å². The van der Waals surface area contributed by atoms with Crippen LogP contribution in [0.25, 0.3) is 0 Å². The second kappa shape index (κ2) is 6.74. The van der Waals surface area contributed by atoms with E-state index in [-0.39, 0.29) is 5.91 Å². The number of rotatable bonds is 5. The van der Waals surface area contributed by atoms with Crippen LogP contribution in [0.4, 0.5) is 5.13 Å². The zero-order valence-corrected chi connectivity index (χ0v) is 13.9. The van der Waals surface area contributed by atoms with Crippen molar-refractivity contribution in [3.05, 3.63) is 33.6 Å². The van der Waals surface area contributed by atoms with E-state index in [1.807, 2.05) is 13.8 Å².